The Morgan fingerprint density at radius 3 is 1.91 bits per heavy atom. The van der Waals surface area contributed by atoms with Crippen LogP contribution >= 0.6 is 0 Å². The van der Waals surface area contributed by atoms with Gasteiger partial charge in [-0.3, -0.25) is 24.1 Å². The first-order valence-electron chi connectivity index (χ1n) is 11.7. The van der Waals surface area contributed by atoms with Crippen LogP contribution in [0.25, 0.3) is 0 Å². The lowest BCUT2D eigenvalue weighted by Crippen LogP contribution is -2.46. The summed E-state index contributed by atoms with van der Waals surface area (Å²) in [5, 5.41) is 3.05. The molecule has 2 aliphatic rings. The molecule has 1 N–H and O–H groups in total. The smallest absolute Gasteiger partial charge is 0.261 e. The van der Waals surface area contributed by atoms with Crippen molar-refractivity contribution in [2.24, 2.45) is 0 Å². The number of likely N-dealkylation sites (tertiary alicyclic amines) is 1. The second-order valence-electron chi connectivity index (χ2n) is 8.84. The molecule has 0 aromatic heterocycles. The van der Waals surface area contributed by atoms with Crippen LogP contribution in [0.1, 0.15) is 59.8 Å². The molecule has 7 nitrogen and oxygen atoms in total. The molecule has 3 aromatic rings. The third-order valence-electron chi connectivity index (χ3n) is 6.57. The van der Waals surface area contributed by atoms with E-state index < -0.39 is 0 Å². The summed E-state index contributed by atoms with van der Waals surface area (Å²) < 4.78 is 0. The van der Waals surface area contributed by atoms with Gasteiger partial charge in [0.05, 0.1) is 17.7 Å². The van der Waals surface area contributed by atoms with Crippen molar-refractivity contribution in [1.29, 1.82) is 0 Å². The molecule has 1 saturated heterocycles. The maximum atomic E-state index is 13.0. The van der Waals surface area contributed by atoms with E-state index in [-0.39, 0.29) is 36.2 Å². The van der Waals surface area contributed by atoms with Gasteiger partial charge in [0.25, 0.3) is 23.6 Å². The van der Waals surface area contributed by atoms with Crippen LogP contribution in [-0.4, -0.2) is 52.6 Å². The van der Waals surface area contributed by atoms with Crippen molar-refractivity contribution in [3.8, 4) is 0 Å². The van der Waals surface area contributed by atoms with Crippen LogP contribution in [0.15, 0.2) is 78.9 Å². The molecule has 5 rings (SSSR count). The molecule has 1 fully saturated rings. The summed E-state index contributed by atoms with van der Waals surface area (Å²) in [5.41, 5.74) is 2.81. The van der Waals surface area contributed by atoms with E-state index in [0.717, 1.165) is 5.56 Å². The van der Waals surface area contributed by atoms with Gasteiger partial charge in [-0.25, -0.2) is 0 Å². The fourth-order valence-corrected chi connectivity index (χ4v) is 4.59. The fourth-order valence-electron chi connectivity index (χ4n) is 4.59. The van der Waals surface area contributed by atoms with Crippen molar-refractivity contribution in [2.75, 3.05) is 13.1 Å². The van der Waals surface area contributed by atoms with Gasteiger partial charge < -0.3 is 10.2 Å². The number of hydrogen-bond donors (Lipinski definition) is 1. The van der Waals surface area contributed by atoms with E-state index in [2.05, 4.69) is 5.32 Å². The first-order chi connectivity index (χ1) is 17.0. The molecule has 0 aliphatic carbocycles. The van der Waals surface area contributed by atoms with Crippen LogP contribution in [0, 0.1) is 0 Å². The highest BCUT2D eigenvalue weighted by molar-refractivity contribution is 6.21. The predicted octanol–water partition coefficient (Wildman–Crippen LogP) is 3.52. The molecule has 0 atom stereocenters. The number of benzene rings is 3. The number of fused-ring (bicyclic) bond motifs is 1. The molecule has 7 heteroatoms. The number of nitrogens with one attached hydrogen (secondary N) is 1. The van der Waals surface area contributed by atoms with Gasteiger partial charge in [0.2, 0.25) is 0 Å². The number of carbonyl (C=O) groups is 4. The van der Waals surface area contributed by atoms with Crippen LogP contribution < -0.4 is 5.32 Å². The molecule has 0 radical (unpaired) electrons. The lowest BCUT2D eigenvalue weighted by molar-refractivity contribution is 0.0638. The maximum Gasteiger partial charge on any atom is 0.261 e. The van der Waals surface area contributed by atoms with Crippen molar-refractivity contribution in [1.82, 2.24) is 15.1 Å². The van der Waals surface area contributed by atoms with E-state index in [9.17, 15) is 19.2 Å². The molecule has 176 valence electrons. The molecule has 2 aliphatic heterocycles. The van der Waals surface area contributed by atoms with Gasteiger partial charge >= 0.3 is 0 Å². The van der Waals surface area contributed by atoms with Crippen molar-refractivity contribution in [3.05, 3.63) is 107 Å². The highest BCUT2D eigenvalue weighted by Crippen LogP contribution is 2.24. The summed E-state index contributed by atoms with van der Waals surface area (Å²) in [5.74, 6) is -0.755. The van der Waals surface area contributed by atoms with Crippen LogP contribution in [0.5, 0.6) is 0 Å². The first-order valence-corrected chi connectivity index (χ1v) is 11.7. The van der Waals surface area contributed by atoms with E-state index in [1.807, 2.05) is 18.2 Å². The number of carbonyl (C=O) groups excluding carboxylic acids is 4. The molecule has 0 saturated carbocycles. The highest BCUT2D eigenvalue weighted by atomic mass is 16.2. The largest absolute Gasteiger partial charge is 0.349 e. The second-order valence-corrected chi connectivity index (χ2v) is 8.84. The number of rotatable bonds is 5. The molecule has 0 bridgehead atoms. The summed E-state index contributed by atoms with van der Waals surface area (Å²) in [6, 6.07) is 23.0. The Labute approximate surface area is 203 Å². The number of amides is 4. The molecular weight excluding hydrogens is 442 g/mol. The van der Waals surface area contributed by atoms with E-state index in [4.69, 9.17) is 0 Å². The van der Waals surface area contributed by atoms with E-state index in [1.54, 1.807) is 65.6 Å². The van der Waals surface area contributed by atoms with Crippen molar-refractivity contribution < 1.29 is 19.2 Å². The third kappa shape index (κ3) is 4.57. The van der Waals surface area contributed by atoms with E-state index >= 15 is 0 Å². The highest BCUT2D eigenvalue weighted by Gasteiger charge is 2.35. The fraction of sp³-hybridized carbons (Fsp3) is 0.214. The summed E-state index contributed by atoms with van der Waals surface area (Å²) in [6.07, 6.45) is 1.39. The predicted molar refractivity (Wildman–Crippen MR) is 130 cm³/mol. The number of hydrogen-bond acceptors (Lipinski definition) is 4. The molecule has 2 heterocycles. The maximum absolute atomic E-state index is 13.0. The average Bonchev–Trinajstić information content (AvgIpc) is 3.14. The molecular formula is C28H25N3O4. The van der Waals surface area contributed by atoms with Crippen molar-refractivity contribution in [2.45, 2.75) is 25.4 Å². The molecule has 35 heavy (non-hydrogen) atoms. The molecule has 4 amide bonds. The van der Waals surface area contributed by atoms with Gasteiger partial charge in [-0.05, 0) is 54.8 Å². The standard InChI is InChI=1S/C28H25N3O4/c32-25(20-6-2-1-3-7-20)29-22-14-16-30(17-15-22)26(33)21-12-10-19(11-13-21)18-31-27(34)23-8-4-5-9-24(23)28(31)35/h1-13,22H,14-18H2,(H,29,32). The Kier molecular flexibility index (Phi) is 6.14. The minimum atomic E-state index is -0.298. The summed E-state index contributed by atoms with van der Waals surface area (Å²) in [7, 11) is 0. The summed E-state index contributed by atoms with van der Waals surface area (Å²) in [6.45, 7) is 1.29. The molecule has 0 spiro atoms. The van der Waals surface area contributed by atoms with Crippen LogP contribution in [0.3, 0.4) is 0 Å². The first kappa shape index (κ1) is 22.5. The lowest BCUT2D eigenvalue weighted by Gasteiger charge is -2.32. The summed E-state index contributed by atoms with van der Waals surface area (Å²) >= 11 is 0. The van der Waals surface area contributed by atoms with Gasteiger partial charge in [-0.2, -0.15) is 0 Å². The van der Waals surface area contributed by atoms with E-state index in [1.165, 1.54) is 4.90 Å². The minimum absolute atomic E-state index is 0.0359. The van der Waals surface area contributed by atoms with Crippen LogP contribution in [0.4, 0.5) is 0 Å². The Hall–Kier alpha value is -4.26. The van der Waals surface area contributed by atoms with Crippen LogP contribution in [0.2, 0.25) is 0 Å². The van der Waals surface area contributed by atoms with Gasteiger partial charge in [0.15, 0.2) is 0 Å². The SMILES string of the molecule is O=C(NC1CCN(C(=O)c2ccc(CN3C(=O)c4ccccc4C3=O)cc2)CC1)c1ccccc1. The molecule has 0 unspecified atom stereocenters. The second kappa shape index (κ2) is 9.54. The number of imide groups is 1. The number of nitrogens with zero attached hydrogens (tertiary/aromatic N) is 2. The Bertz CT molecular complexity index is 1240. The Balaban J connectivity index is 1.15. The van der Waals surface area contributed by atoms with Gasteiger partial charge in [-0.1, -0.05) is 42.5 Å². The zero-order chi connectivity index (χ0) is 24.4. The van der Waals surface area contributed by atoms with Crippen molar-refractivity contribution >= 4 is 23.6 Å². The Morgan fingerprint density at radius 2 is 1.31 bits per heavy atom. The van der Waals surface area contributed by atoms with Gasteiger partial charge in [-0.15, -0.1) is 0 Å². The minimum Gasteiger partial charge on any atom is -0.349 e. The zero-order valence-electron chi connectivity index (χ0n) is 19.1. The summed E-state index contributed by atoms with van der Waals surface area (Å²) in [4.78, 5) is 53.6. The quantitative estimate of drug-likeness (QED) is 0.582. The number of piperidine rings is 1. The third-order valence-corrected chi connectivity index (χ3v) is 6.57. The zero-order valence-corrected chi connectivity index (χ0v) is 19.1. The van der Waals surface area contributed by atoms with Crippen LogP contribution in [-0.2, 0) is 6.54 Å². The van der Waals surface area contributed by atoms with Crippen molar-refractivity contribution in [3.63, 3.8) is 0 Å². The average molecular weight is 468 g/mol. The lowest BCUT2D eigenvalue weighted by atomic mass is 10.0. The Morgan fingerprint density at radius 1 is 0.743 bits per heavy atom. The topological polar surface area (TPSA) is 86.8 Å². The van der Waals surface area contributed by atoms with Gasteiger partial charge in [0, 0.05) is 30.3 Å². The monoisotopic (exact) mass is 467 g/mol. The molecule has 3 aromatic carbocycles. The van der Waals surface area contributed by atoms with Gasteiger partial charge in [0.1, 0.15) is 0 Å². The normalized spacial score (nSPS) is 15.8. The van der Waals surface area contributed by atoms with E-state index in [0.29, 0.717) is 48.2 Å².